The number of aryl methyl sites for hydroxylation is 2. The van der Waals surface area contributed by atoms with Crippen LogP contribution in [-0.4, -0.2) is 33.8 Å². The summed E-state index contributed by atoms with van der Waals surface area (Å²) in [6.45, 7) is 4.11. The van der Waals surface area contributed by atoms with Gasteiger partial charge in [0.15, 0.2) is 0 Å². The Balaban J connectivity index is 1.84. The second-order valence-electron chi connectivity index (χ2n) is 7.86. The van der Waals surface area contributed by atoms with Gasteiger partial charge in [-0.1, -0.05) is 24.3 Å². The molecule has 2 aromatic carbocycles. The van der Waals surface area contributed by atoms with Gasteiger partial charge in [-0.2, -0.15) is 0 Å². The highest BCUT2D eigenvalue weighted by molar-refractivity contribution is 6.46. The first-order valence-electron chi connectivity index (χ1n) is 10.3. The maximum atomic E-state index is 13.1. The van der Waals surface area contributed by atoms with Crippen molar-refractivity contribution in [1.29, 1.82) is 0 Å². The van der Waals surface area contributed by atoms with Crippen LogP contribution < -0.4 is 4.74 Å². The molecule has 0 aliphatic carbocycles. The molecule has 0 spiro atoms. The van der Waals surface area contributed by atoms with Crippen molar-refractivity contribution >= 4 is 17.4 Å². The highest BCUT2D eigenvalue weighted by atomic mass is 16.5. The summed E-state index contributed by atoms with van der Waals surface area (Å²) >= 11 is 0. The molecule has 6 heteroatoms. The predicted molar refractivity (Wildman–Crippen MR) is 121 cm³/mol. The number of nitrogens with zero attached hydrogens (tertiary/aromatic N) is 2. The third-order valence-corrected chi connectivity index (χ3v) is 5.83. The number of Topliss-reactive ketones (excluding diaryl/α,β-unsaturated/α-hetero) is 1. The van der Waals surface area contributed by atoms with Crippen molar-refractivity contribution in [2.24, 2.45) is 0 Å². The van der Waals surface area contributed by atoms with E-state index in [0.29, 0.717) is 16.9 Å². The number of ketones is 1. The molecule has 0 bridgehead atoms. The van der Waals surface area contributed by atoms with Crippen LogP contribution in [0.5, 0.6) is 5.75 Å². The number of aliphatic hydroxyl groups excluding tert-OH is 1. The van der Waals surface area contributed by atoms with E-state index in [9.17, 15) is 14.7 Å². The first-order valence-corrected chi connectivity index (χ1v) is 10.3. The van der Waals surface area contributed by atoms with E-state index in [2.05, 4.69) is 4.98 Å². The average Bonchev–Trinajstić information content (AvgIpc) is 3.06. The molecular formula is C26H24N2O4. The van der Waals surface area contributed by atoms with E-state index >= 15 is 0 Å². The third-order valence-electron chi connectivity index (χ3n) is 5.83. The number of hydrogen-bond donors (Lipinski definition) is 1. The molecule has 1 aliphatic heterocycles. The van der Waals surface area contributed by atoms with Crippen LogP contribution in [0.2, 0.25) is 0 Å². The lowest BCUT2D eigenvalue weighted by Crippen LogP contribution is -2.29. The second kappa shape index (κ2) is 8.67. The highest BCUT2D eigenvalue weighted by Gasteiger charge is 2.46. The van der Waals surface area contributed by atoms with E-state index in [1.54, 1.807) is 37.7 Å². The maximum absolute atomic E-state index is 13.1. The normalized spacial score (nSPS) is 17.6. The van der Waals surface area contributed by atoms with Gasteiger partial charge < -0.3 is 14.7 Å². The van der Waals surface area contributed by atoms with Gasteiger partial charge in [0.1, 0.15) is 11.5 Å². The van der Waals surface area contributed by atoms with Gasteiger partial charge in [-0.3, -0.25) is 14.6 Å². The fourth-order valence-electron chi connectivity index (χ4n) is 3.95. The number of benzene rings is 2. The van der Waals surface area contributed by atoms with Gasteiger partial charge in [0, 0.05) is 24.5 Å². The van der Waals surface area contributed by atoms with Crippen LogP contribution in [0.15, 0.2) is 72.6 Å². The van der Waals surface area contributed by atoms with E-state index in [0.717, 1.165) is 16.7 Å². The Bertz CT molecular complexity index is 1220. The number of hydrogen-bond acceptors (Lipinski definition) is 5. The first kappa shape index (κ1) is 21.3. The average molecular weight is 428 g/mol. The quantitative estimate of drug-likeness (QED) is 0.372. The largest absolute Gasteiger partial charge is 0.507 e. The maximum Gasteiger partial charge on any atom is 0.295 e. The second-order valence-corrected chi connectivity index (χ2v) is 7.86. The molecule has 0 radical (unpaired) electrons. The molecule has 4 rings (SSSR count). The lowest BCUT2D eigenvalue weighted by Gasteiger charge is -2.25. The Morgan fingerprint density at radius 3 is 2.47 bits per heavy atom. The van der Waals surface area contributed by atoms with Crippen molar-refractivity contribution in [3.63, 3.8) is 0 Å². The Hall–Kier alpha value is -3.93. The van der Waals surface area contributed by atoms with E-state index in [1.807, 2.05) is 50.2 Å². The van der Waals surface area contributed by atoms with Gasteiger partial charge in [0.2, 0.25) is 0 Å². The molecule has 1 fully saturated rings. The van der Waals surface area contributed by atoms with E-state index < -0.39 is 17.7 Å². The van der Waals surface area contributed by atoms with Crippen molar-refractivity contribution in [3.05, 3.63) is 100 Å². The van der Waals surface area contributed by atoms with Crippen molar-refractivity contribution < 1.29 is 19.4 Å². The molecule has 3 aromatic rings. The summed E-state index contributed by atoms with van der Waals surface area (Å²) in [4.78, 5) is 31.8. The summed E-state index contributed by atoms with van der Waals surface area (Å²) in [5.41, 5.74) is 4.16. The third kappa shape index (κ3) is 3.87. The molecule has 1 saturated heterocycles. The number of likely N-dealkylation sites (tertiary alicyclic amines) is 1. The molecule has 162 valence electrons. The molecule has 1 unspecified atom stereocenters. The van der Waals surface area contributed by atoms with Crippen LogP contribution in [-0.2, 0) is 16.1 Å². The van der Waals surface area contributed by atoms with Crippen molar-refractivity contribution in [3.8, 4) is 5.75 Å². The van der Waals surface area contributed by atoms with Crippen LogP contribution >= 0.6 is 0 Å². The number of methoxy groups -OCH3 is 1. The summed E-state index contributed by atoms with van der Waals surface area (Å²) < 4.78 is 5.29. The van der Waals surface area contributed by atoms with Crippen molar-refractivity contribution in [2.45, 2.75) is 26.4 Å². The zero-order chi connectivity index (χ0) is 22.8. The standard InChI is InChI=1S/C26H24N2O4/c1-16-7-8-20(13-17(16)2)24(29)22-23(19-9-11-27-12-10-19)28(26(31)25(22)30)15-18-5-4-6-21(14-18)32-3/h4-14,23,29H,15H2,1-3H3/b24-22-. The molecular weight excluding hydrogens is 404 g/mol. The number of aliphatic hydroxyl groups is 1. The minimum Gasteiger partial charge on any atom is -0.507 e. The molecule has 1 aliphatic rings. The van der Waals surface area contributed by atoms with Gasteiger partial charge in [0.05, 0.1) is 18.7 Å². The van der Waals surface area contributed by atoms with E-state index in [1.165, 1.54) is 4.90 Å². The molecule has 1 amide bonds. The van der Waals surface area contributed by atoms with Gasteiger partial charge in [-0.25, -0.2) is 0 Å². The Labute approximate surface area is 186 Å². The van der Waals surface area contributed by atoms with Crippen LogP contribution in [0.3, 0.4) is 0 Å². The van der Waals surface area contributed by atoms with Crippen LogP contribution in [0.4, 0.5) is 0 Å². The first-order chi connectivity index (χ1) is 15.4. The zero-order valence-corrected chi connectivity index (χ0v) is 18.2. The van der Waals surface area contributed by atoms with Crippen molar-refractivity contribution in [1.82, 2.24) is 9.88 Å². The topological polar surface area (TPSA) is 79.7 Å². The summed E-state index contributed by atoms with van der Waals surface area (Å²) in [5.74, 6) is -0.874. The minimum absolute atomic E-state index is 0.0762. The number of rotatable bonds is 5. The molecule has 1 N–H and O–H groups in total. The van der Waals surface area contributed by atoms with E-state index in [-0.39, 0.29) is 17.9 Å². The van der Waals surface area contributed by atoms with Gasteiger partial charge >= 0.3 is 0 Å². The number of carbonyl (C=O) groups excluding carboxylic acids is 2. The van der Waals surface area contributed by atoms with Crippen LogP contribution in [0.1, 0.15) is 33.9 Å². The monoisotopic (exact) mass is 428 g/mol. The number of ether oxygens (including phenoxy) is 1. The Kier molecular flexibility index (Phi) is 5.77. The smallest absolute Gasteiger partial charge is 0.295 e. The summed E-state index contributed by atoms with van der Waals surface area (Å²) in [5, 5.41) is 11.2. The van der Waals surface area contributed by atoms with Crippen LogP contribution in [0, 0.1) is 13.8 Å². The molecule has 2 heterocycles. The number of aromatic nitrogens is 1. The molecule has 1 atom stereocenters. The number of carbonyl (C=O) groups is 2. The molecule has 6 nitrogen and oxygen atoms in total. The summed E-state index contributed by atoms with van der Waals surface area (Å²) in [7, 11) is 1.58. The van der Waals surface area contributed by atoms with Crippen LogP contribution in [0.25, 0.3) is 5.76 Å². The Morgan fingerprint density at radius 2 is 1.78 bits per heavy atom. The van der Waals surface area contributed by atoms with E-state index in [4.69, 9.17) is 4.74 Å². The Morgan fingerprint density at radius 1 is 1.03 bits per heavy atom. The zero-order valence-electron chi connectivity index (χ0n) is 18.2. The molecule has 1 aromatic heterocycles. The SMILES string of the molecule is COc1cccc(CN2C(=O)C(=O)/C(=C(\O)c3ccc(C)c(C)c3)C2c2ccncc2)c1. The van der Waals surface area contributed by atoms with Gasteiger partial charge in [-0.15, -0.1) is 0 Å². The molecule has 32 heavy (non-hydrogen) atoms. The number of pyridine rings is 1. The number of amides is 1. The predicted octanol–water partition coefficient (Wildman–Crippen LogP) is 4.33. The fourth-order valence-corrected chi connectivity index (χ4v) is 3.95. The minimum atomic E-state index is -0.731. The van der Waals surface area contributed by atoms with Gasteiger partial charge in [-0.05, 0) is 66.4 Å². The summed E-state index contributed by atoms with van der Waals surface area (Å²) in [6, 6.07) is 15.6. The fraction of sp³-hybridized carbons (Fsp3) is 0.192. The molecule has 0 saturated carbocycles. The van der Waals surface area contributed by atoms with Crippen molar-refractivity contribution in [2.75, 3.05) is 7.11 Å². The van der Waals surface area contributed by atoms with Gasteiger partial charge in [0.25, 0.3) is 11.7 Å². The summed E-state index contributed by atoms with van der Waals surface area (Å²) in [6.07, 6.45) is 3.22. The lowest BCUT2D eigenvalue weighted by atomic mass is 9.94. The lowest BCUT2D eigenvalue weighted by molar-refractivity contribution is -0.140. The highest BCUT2D eigenvalue weighted by Crippen LogP contribution is 2.40.